The minimum absolute atomic E-state index is 0.0229. The molecule has 0 spiro atoms. The summed E-state index contributed by atoms with van der Waals surface area (Å²) in [5.74, 6) is -0.0706. The summed E-state index contributed by atoms with van der Waals surface area (Å²) in [4.78, 5) is 39.2. The molecular formula is C26H32ClN3O4. The van der Waals surface area contributed by atoms with E-state index in [0.717, 1.165) is 25.7 Å². The second kappa shape index (κ2) is 11.9. The molecule has 1 aliphatic heterocycles. The van der Waals surface area contributed by atoms with Gasteiger partial charge in [0, 0.05) is 29.9 Å². The lowest BCUT2D eigenvalue weighted by molar-refractivity contribution is -0.139. The molecule has 34 heavy (non-hydrogen) atoms. The van der Waals surface area contributed by atoms with E-state index < -0.39 is 0 Å². The van der Waals surface area contributed by atoms with Gasteiger partial charge in [0.15, 0.2) is 6.61 Å². The number of nitrogens with one attached hydrogen (secondary N) is 2. The number of anilines is 1. The van der Waals surface area contributed by atoms with E-state index in [4.69, 9.17) is 16.3 Å². The average Bonchev–Trinajstić information content (AvgIpc) is 2.81. The van der Waals surface area contributed by atoms with Crippen molar-refractivity contribution in [1.82, 2.24) is 10.2 Å². The van der Waals surface area contributed by atoms with Crippen molar-refractivity contribution < 1.29 is 19.1 Å². The summed E-state index contributed by atoms with van der Waals surface area (Å²) in [6.07, 6.45) is 4.00. The van der Waals surface area contributed by atoms with Crippen LogP contribution in [0.15, 0.2) is 42.5 Å². The number of hydrogen-bond donors (Lipinski definition) is 2. The lowest BCUT2D eigenvalue weighted by Gasteiger charge is -2.38. The number of ether oxygens (including phenoxy) is 1. The van der Waals surface area contributed by atoms with Crippen LogP contribution in [0.5, 0.6) is 5.75 Å². The maximum absolute atomic E-state index is 12.6. The second-order valence-corrected chi connectivity index (χ2v) is 9.05. The highest BCUT2D eigenvalue weighted by Gasteiger charge is 2.29. The molecule has 2 atom stereocenters. The Morgan fingerprint density at radius 1 is 1.03 bits per heavy atom. The summed E-state index contributed by atoms with van der Waals surface area (Å²) in [7, 11) is 0. The highest BCUT2D eigenvalue weighted by atomic mass is 35.5. The molecule has 0 bridgehead atoms. The fourth-order valence-electron chi connectivity index (χ4n) is 4.15. The van der Waals surface area contributed by atoms with Crippen LogP contribution in [-0.2, 0) is 4.79 Å². The van der Waals surface area contributed by atoms with Gasteiger partial charge < -0.3 is 20.3 Å². The zero-order valence-corrected chi connectivity index (χ0v) is 20.7. The van der Waals surface area contributed by atoms with Gasteiger partial charge in [0.25, 0.3) is 17.7 Å². The van der Waals surface area contributed by atoms with Crippen molar-refractivity contribution in [1.29, 1.82) is 0 Å². The highest BCUT2D eigenvalue weighted by molar-refractivity contribution is 6.34. The Balaban J connectivity index is 1.55. The lowest BCUT2D eigenvalue weighted by Crippen LogP contribution is -2.49. The molecule has 1 heterocycles. The van der Waals surface area contributed by atoms with E-state index in [9.17, 15) is 14.4 Å². The van der Waals surface area contributed by atoms with Crippen LogP contribution in [0.2, 0.25) is 5.02 Å². The third-order valence-corrected chi connectivity index (χ3v) is 6.28. The summed E-state index contributed by atoms with van der Waals surface area (Å²) >= 11 is 6.23. The zero-order chi connectivity index (χ0) is 24.7. The summed E-state index contributed by atoms with van der Waals surface area (Å²) in [6.45, 7) is 6.65. The summed E-state index contributed by atoms with van der Waals surface area (Å²) in [5.41, 5.74) is 1.27. The average molecular weight is 486 g/mol. The lowest BCUT2D eigenvalue weighted by atomic mass is 9.97. The minimum Gasteiger partial charge on any atom is -0.484 e. The molecule has 2 aromatic rings. The Morgan fingerprint density at radius 3 is 2.32 bits per heavy atom. The Morgan fingerprint density at radius 2 is 1.71 bits per heavy atom. The topological polar surface area (TPSA) is 87.7 Å². The van der Waals surface area contributed by atoms with E-state index in [1.165, 1.54) is 0 Å². The van der Waals surface area contributed by atoms with Gasteiger partial charge in [-0.15, -0.1) is 0 Å². The van der Waals surface area contributed by atoms with Gasteiger partial charge in [-0.25, -0.2) is 0 Å². The molecule has 3 amide bonds. The number of carbonyl (C=O) groups is 3. The van der Waals surface area contributed by atoms with Crippen molar-refractivity contribution in [3.63, 3.8) is 0 Å². The largest absolute Gasteiger partial charge is 0.484 e. The van der Waals surface area contributed by atoms with Crippen molar-refractivity contribution >= 4 is 35.0 Å². The predicted octanol–water partition coefficient (Wildman–Crippen LogP) is 4.90. The first-order valence-electron chi connectivity index (χ1n) is 11.7. The van der Waals surface area contributed by atoms with E-state index in [0.29, 0.717) is 29.1 Å². The van der Waals surface area contributed by atoms with E-state index in [-0.39, 0.29) is 41.4 Å². The zero-order valence-electron chi connectivity index (χ0n) is 19.9. The molecule has 2 N–H and O–H groups in total. The van der Waals surface area contributed by atoms with E-state index in [2.05, 4.69) is 24.5 Å². The number of hydrogen-bond acceptors (Lipinski definition) is 4. The van der Waals surface area contributed by atoms with Crippen molar-refractivity contribution in [2.75, 3.05) is 18.5 Å². The van der Waals surface area contributed by atoms with E-state index in [1.54, 1.807) is 42.5 Å². The highest BCUT2D eigenvalue weighted by Crippen LogP contribution is 2.24. The molecule has 0 saturated carbocycles. The smallest absolute Gasteiger partial charge is 0.260 e. The third-order valence-electron chi connectivity index (χ3n) is 5.97. The number of nitrogens with zero attached hydrogens (tertiary/aromatic N) is 1. The van der Waals surface area contributed by atoms with Crippen LogP contribution in [-0.4, -0.2) is 47.9 Å². The number of rotatable bonds is 8. The fraction of sp³-hybridized carbons (Fsp3) is 0.423. The Kier molecular flexibility index (Phi) is 8.93. The second-order valence-electron chi connectivity index (χ2n) is 8.65. The monoisotopic (exact) mass is 485 g/mol. The number of carbonyl (C=O) groups excluding carboxylic acids is 3. The normalized spacial score (nSPS) is 17.7. The standard InChI is InChI=1S/C26H32ClN3O4/c1-4-14-28-26(33)22-13-10-20(15-23(22)27)29-25(32)19-8-11-21(12-9-19)34-16-24(31)30-17(2)6-5-7-18(30)3/h8-13,15,17-18H,4-7,14,16H2,1-3H3,(H,28,33)(H,29,32). The Bertz CT molecular complexity index is 1020. The number of benzene rings is 2. The number of piperidine rings is 1. The molecule has 2 aromatic carbocycles. The predicted molar refractivity (Wildman–Crippen MR) is 134 cm³/mol. The molecule has 182 valence electrons. The van der Waals surface area contributed by atoms with Crippen LogP contribution in [0, 0.1) is 0 Å². The third kappa shape index (κ3) is 6.50. The van der Waals surface area contributed by atoms with Crippen LogP contribution < -0.4 is 15.4 Å². The minimum atomic E-state index is -0.321. The molecule has 2 unspecified atom stereocenters. The van der Waals surface area contributed by atoms with Crippen LogP contribution in [0.1, 0.15) is 67.2 Å². The van der Waals surface area contributed by atoms with Gasteiger partial charge in [-0.2, -0.15) is 0 Å². The molecule has 8 heteroatoms. The van der Waals surface area contributed by atoms with Crippen molar-refractivity contribution in [2.45, 2.75) is 58.5 Å². The maximum Gasteiger partial charge on any atom is 0.260 e. The first-order valence-corrected chi connectivity index (χ1v) is 12.1. The van der Waals surface area contributed by atoms with Crippen LogP contribution in [0.4, 0.5) is 5.69 Å². The molecule has 3 rings (SSSR count). The quantitative estimate of drug-likeness (QED) is 0.556. The molecule has 1 fully saturated rings. The SMILES string of the molecule is CCCNC(=O)c1ccc(NC(=O)c2ccc(OCC(=O)N3C(C)CCCC3C)cc2)cc1Cl. The van der Waals surface area contributed by atoms with Crippen molar-refractivity contribution in [3.05, 3.63) is 58.6 Å². The van der Waals surface area contributed by atoms with Gasteiger partial charge in [0.2, 0.25) is 0 Å². The number of likely N-dealkylation sites (tertiary alicyclic amines) is 1. The molecule has 0 aliphatic carbocycles. The molecule has 1 saturated heterocycles. The van der Waals surface area contributed by atoms with Crippen molar-refractivity contribution in [3.8, 4) is 5.75 Å². The van der Waals surface area contributed by atoms with Crippen LogP contribution >= 0.6 is 11.6 Å². The van der Waals surface area contributed by atoms with Gasteiger partial charge in [-0.3, -0.25) is 14.4 Å². The van der Waals surface area contributed by atoms with E-state index in [1.807, 2.05) is 11.8 Å². The number of amides is 3. The first-order chi connectivity index (χ1) is 16.3. The molecule has 1 aliphatic rings. The number of halogens is 1. The molecule has 0 aromatic heterocycles. The van der Waals surface area contributed by atoms with Gasteiger partial charge in [0.05, 0.1) is 10.6 Å². The summed E-state index contributed by atoms with van der Waals surface area (Å²) in [6, 6.07) is 11.8. The summed E-state index contributed by atoms with van der Waals surface area (Å²) in [5, 5.41) is 5.81. The fourth-order valence-corrected chi connectivity index (χ4v) is 4.42. The summed E-state index contributed by atoms with van der Waals surface area (Å²) < 4.78 is 5.67. The first kappa shape index (κ1) is 25.6. The van der Waals surface area contributed by atoms with Crippen molar-refractivity contribution in [2.24, 2.45) is 0 Å². The Hall–Kier alpha value is -3.06. The molecular weight excluding hydrogens is 454 g/mol. The van der Waals surface area contributed by atoms with Gasteiger partial charge in [-0.05, 0) is 82.0 Å². The Labute approximate surface area is 205 Å². The van der Waals surface area contributed by atoms with Crippen LogP contribution in [0.25, 0.3) is 0 Å². The molecule has 0 radical (unpaired) electrons. The van der Waals surface area contributed by atoms with Gasteiger partial charge in [-0.1, -0.05) is 18.5 Å². The van der Waals surface area contributed by atoms with Gasteiger partial charge >= 0.3 is 0 Å². The molecule has 7 nitrogen and oxygen atoms in total. The maximum atomic E-state index is 12.6. The van der Waals surface area contributed by atoms with Gasteiger partial charge in [0.1, 0.15) is 5.75 Å². The van der Waals surface area contributed by atoms with Crippen LogP contribution in [0.3, 0.4) is 0 Å². The van der Waals surface area contributed by atoms with E-state index >= 15 is 0 Å².